The van der Waals surface area contributed by atoms with Gasteiger partial charge in [-0.25, -0.2) is 0 Å². The molecule has 1 fully saturated rings. The van der Waals surface area contributed by atoms with Gasteiger partial charge in [0.05, 0.1) is 0 Å². The van der Waals surface area contributed by atoms with Crippen molar-refractivity contribution in [2.45, 2.75) is 38.4 Å². The van der Waals surface area contributed by atoms with Gasteiger partial charge in [-0.05, 0) is 45.0 Å². The quantitative estimate of drug-likeness (QED) is 0.336. The summed E-state index contributed by atoms with van der Waals surface area (Å²) in [7, 11) is 2.18. The Morgan fingerprint density at radius 2 is 2.35 bits per heavy atom. The number of amidine groups is 1. The molecule has 1 aliphatic heterocycles. The molecule has 2 atom stereocenters. The predicted molar refractivity (Wildman–Crippen MR) is 80.9 cm³/mol. The van der Waals surface area contributed by atoms with Crippen LogP contribution < -0.4 is 11.1 Å². The van der Waals surface area contributed by atoms with E-state index < -0.39 is 0 Å². The zero-order chi connectivity index (χ0) is 14.5. The second kappa shape index (κ2) is 6.72. The second-order valence-electron chi connectivity index (χ2n) is 5.62. The minimum absolute atomic E-state index is 0.153. The van der Waals surface area contributed by atoms with Crippen LogP contribution in [0.1, 0.15) is 30.9 Å². The van der Waals surface area contributed by atoms with E-state index in [0.717, 1.165) is 24.2 Å². The molecule has 0 radical (unpaired) electrons. The van der Waals surface area contributed by atoms with Crippen LogP contribution in [0, 0.1) is 0 Å². The Kier molecular flexibility index (Phi) is 4.98. The van der Waals surface area contributed by atoms with E-state index in [1.54, 1.807) is 0 Å². The molecule has 1 saturated heterocycles. The maximum Gasteiger partial charge on any atom is 0.170 e. The van der Waals surface area contributed by atoms with Crippen LogP contribution in [-0.2, 0) is 6.54 Å². The number of nitrogens with one attached hydrogen (secondary N) is 1. The van der Waals surface area contributed by atoms with Crippen molar-refractivity contribution in [3.05, 3.63) is 35.4 Å². The standard InChI is InChI=1S/C15H24N4O/c1-11-8-14(6-7-19(11)2)17-10-12-4-3-5-13(9-12)15(16)18-20/h3-5,9,11,14,17,20H,6-8,10H2,1-2H3,(H2,16,18). The maximum atomic E-state index is 8.71. The van der Waals surface area contributed by atoms with Crippen LogP contribution in [0.25, 0.3) is 0 Å². The molecular formula is C15H24N4O. The Hall–Kier alpha value is -1.59. The van der Waals surface area contributed by atoms with Gasteiger partial charge in [-0.1, -0.05) is 23.4 Å². The predicted octanol–water partition coefficient (Wildman–Crippen LogP) is 1.35. The van der Waals surface area contributed by atoms with Gasteiger partial charge in [-0.15, -0.1) is 0 Å². The molecular weight excluding hydrogens is 252 g/mol. The summed E-state index contributed by atoms with van der Waals surface area (Å²) in [5.41, 5.74) is 7.52. The maximum absolute atomic E-state index is 8.71. The van der Waals surface area contributed by atoms with Gasteiger partial charge >= 0.3 is 0 Å². The summed E-state index contributed by atoms with van der Waals surface area (Å²) in [5.74, 6) is 0.153. The first-order valence-corrected chi connectivity index (χ1v) is 7.10. The molecule has 5 heteroatoms. The summed E-state index contributed by atoms with van der Waals surface area (Å²) in [6.45, 7) is 4.23. The molecule has 1 heterocycles. The van der Waals surface area contributed by atoms with Crippen molar-refractivity contribution in [3.63, 3.8) is 0 Å². The average Bonchev–Trinajstić information content (AvgIpc) is 2.48. The van der Waals surface area contributed by atoms with E-state index in [9.17, 15) is 0 Å². The van der Waals surface area contributed by atoms with Gasteiger partial charge < -0.3 is 21.2 Å². The third-order valence-corrected chi connectivity index (χ3v) is 4.13. The number of nitrogens with two attached hydrogens (primary N) is 1. The Labute approximate surface area is 120 Å². The highest BCUT2D eigenvalue weighted by Gasteiger charge is 2.22. The number of piperidine rings is 1. The Morgan fingerprint density at radius 3 is 3.05 bits per heavy atom. The molecule has 20 heavy (non-hydrogen) atoms. The summed E-state index contributed by atoms with van der Waals surface area (Å²) < 4.78 is 0. The smallest absolute Gasteiger partial charge is 0.170 e. The number of likely N-dealkylation sites (tertiary alicyclic amines) is 1. The molecule has 2 unspecified atom stereocenters. The van der Waals surface area contributed by atoms with Gasteiger partial charge in [0, 0.05) is 24.2 Å². The minimum atomic E-state index is 0.153. The molecule has 5 nitrogen and oxygen atoms in total. The Balaban J connectivity index is 1.91. The van der Waals surface area contributed by atoms with Gasteiger partial charge in [0.15, 0.2) is 5.84 Å². The van der Waals surface area contributed by atoms with E-state index >= 15 is 0 Å². The fraction of sp³-hybridized carbons (Fsp3) is 0.533. The molecule has 0 spiro atoms. The third kappa shape index (κ3) is 3.71. The molecule has 0 amide bonds. The van der Waals surface area contributed by atoms with Crippen molar-refractivity contribution < 1.29 is 5.21 Å². The molecule has 0 saturated carbocycles. The van der Waals surface area contributed by atoms with Crippen LogP contribution >= 0.6 is 0 Å². The fourth-order valence-corrected chi connectivity index (χ4v) is 2.64. The van der Waals surface area contributed by atoms with Gasteiger partial charge in [0.2, 0.25) is 0 Å². The molecule has 1 aromatic carbocycles. The lowest BCUT2D eigenvalue weighted by atomic mass is 9.98. The first-order valence-electron chi connectivity index (χ1n) is 7.10. The van der Waals surface area contributed by atoms with Crippen molar-refractivity contribution in [3.8, 4) is 0 Å². The number of hydrogen-bond acceptors (Lipinski definition) is 4. The van der Waals surface area contributed by atoms with E-state index in [4.69, 9.17) is 10.9 Å². The minimum Gasteiger partial charge on any atom is -0.409 e. The monoisotopic (exact) mass is 276 g/mol. The summed E-state index contributed by atoms with van der Waals surface area (Å²) in [4.78, 5) is 2.40. The SMILES string of the molecule is CC1CC(NCc2cccc(/C(N)=N/O)c2)CCN1C. The molecule has 4 N–H and O–H groups in total. The average molecular weight is 276 g/mol. The molecule has 0 bridgehead atoms. The van der Waals surface area contributed by atoms with Crippen molar-refractivity contribution in [2.24, 2.45) is 10.9 Å². The molecule has 1 aromatic rings. The highest BCUT2D eigenvalue weighted by molar-refractivity contribution is 5.97. The highest BCUT2D eigenvalue weighted by Crippen LogP contribution is 2.16. The lowest BCUT2D eigenvalue weighted by Gasteiger charge is -2.35. The van der Waals surface area contributed by atoms with E-state index in [2.05, 4.69) is 35.4 Å². The summed E-state index contributed by atoms with van der Waals surface area (Å²) in [6, 6.07) is 8.98. The Bertz CT molecular complexity index is 475. The zero-order valence-corrected chi connectivity index (χ0v) is 12.2. The van der Waals surface area contributed by atoms with E-state index in [1.807, 2.05) is 18.2 Å². The first-order chi connectivity index (χ1) is 9.60. The van der Waals surface area contributed by atoms with Gasteiger partial charge in [-0.3, -0.25) is 0 Å². The zero-order valence-electron chi connectivity index (χ0n) is 12.2. The normalized spacial score (nSPS) is 24.8. The fourth-order valence-electron chi connectivity index (χ4n) is 2.64. The van der Waals surface area contributed by atoms with Crippen LogP contribution in [0.15, 0.2) is 29.4 Å². The van der Waals surface area contributed by atoms with E-state index in [-0.39, 0.29) is 5.84 Å². The number of benzene rings is 1. The van der Waals surface area contributed by atoms with Crippen LogP contribution in [-0.4, -0.2) is 41.6 Å². The topological polar surface area (TPSA) is 73.9 Å². The van der Waals surface area contributed by atoms with Crippen LogP contribution in [0.5, 0.6) is 0 Å². The summed E-state index contributed by atoms with van der Waals surface area (Å²) >= 11 is 0. The second-order valence-corrected chi connectivity index (χ2v) is 5.62. The third-order valence-electron chi connectivity index (χ3n) is 4.13. The number of nitrogens with zero attached hydrogens (tertiary/aromatic N) is 2. The van der Waals surface area contributed by atoms with Gasteiger partial charge in [0.25, 0.3) is 0 Å². The van der Waals surface area contributed by atoms with Crippen LogP contribution in [0.2, 0.25) is 0 Å². The molecule has 1 aliphatic rings. The van der Waals surface area contributed by atoms with Gasteiger partial charge in [-0.2, -0.15) is 0 Å². The number of hydrogen-bond donors (Lipinski definition) is 3. The largest absolute Gasteiger partial charge is 0.409 e. The lowest BCUT2D eigenvalue weighted by Crippen LogP contribution is -2.45. The van der Waals surface area contributed by atoms with Gasteiger partial charge in [0.1, 0.15) is 0 Å². The van der Waals surface area contributed by atoms with Crippen LogP contribution in [0.3, 0.4) is 0 Å². The highest BCUT2D eigenvalue weighted by atomic mass is 16.4. The van der Waals surface area contributed by atoms with Crippen LogP contribution in [0.4, 0.5) is 0 Å². The summed E-state index contributed by atoms with van der Waals surface area (Å²) in [6.07, 6.45) is 2.36. The number of oxime groups is 1. The molecule has 110 valence electrons. The van der Waals surface area contributed by atoms with Crippen molar-refractivity contribution in [1.29, 1.82) is 0 Å². The van der Waals surface area contributed by atoms with E-state index in [1.165, 1.54) is 12.8 Å². The van der Waals surface area contributed by atoms with Crippen molar-refractivity contribution in [1.82, 2.24) is 10.2 Å². The molecule has 0 aliphatic carbocycles. The van der Waals surface area contributed by atoms with Crippen molar-refractivity contribution >= 4 is 5.84 Å². The molecule has 2 rings (SSSR count). The van der Waals surface area contributed by atoms with E-state index in [0.29, 0.717) is 12.1 Å². The Morgan fingerprint density at radius 1 is 1.55 bits per heavy atom. The molecule has 0 aromatic heterocycles. The summed E-state index contributed by atoms with van der Waals surface area (Å²) in [5, 5.41) is 15.3. The number of rotatable bonds is 4. The van der Waals surface area contributed by atoms with Crippen molar-refractivity contribution in [2.75, 3.05) is 13.6 Å². The first kappa shape index (κ1) is 14.8. The lowest BCUT2D eigenvalue weighted by molar-refractivity contribution is 0.168.